The van der Waals surface area contributed by atoms with E-state index in [0.717, 1.165) is 12.5 Å². The average molecular weight is 248 g/mol. The smallest absolute Gasteiger partial charge is 0.339 e. The van der Waals surface area contributed by atoms with Gasteiger partial charge in [-0.1, -0.05) is 19.8 Å². The minimum atomic E-state index is -0.928. The van der Waals surface area contributed by atoms with Gasteiger partial charge in [-0.15, -0.1) is 0 Å². The van der Waals surface area contributed by atoms with Crippen molar-refractivity contribution in [2.24, 2.45) is 11.8 Å². The fraction of sp³-hybridized carbons (Fsp3) is 0.571. The van der Waals surface area contributed by atoms with Gasteiger partial charge in [0.25, 0.3) is 0 Å². The topological polar surface area (TPSA) is 62.2 Å². The molecule has 4 nitrogen and oxygen atoms in total. The molecule has 0 aromatic carbocycles. The van der Waals surface area contributed by atoms with Crippen molar-refractivity contribution in [3.63, 3.8) is 0 Å². The third-order valence-electron chi connectivity index (χ3n) is 3.73. The van der Waals surface area contributed by atoms with E-state index in [0.29, 0.717) is 11.7 Å². The Hall–Kier alpha value is -1.58. The second-order valence-electron chi connectivity index (χ2n) is 5.21. The van der Waals surface area contributed by atoms with Crippen LogP contribution in [-0.2, 0) is 0 Å². The highest BCUT2D eigenvalue weighted by atomic mass is 16.4. The molecule has 1 aromatic rings. The molecule has 0 saturated heterocycles. The SMILES string of the molecule is CC1CCC(CNc2ncccc2C(=O)O)CC1. The van der Waals surface area contributed by atoms with Gasteiger partial charge >= 0.3 is 5.97 Å². The van der Waals surface area contributed by atoms with Gasteiger partial charge in [-0.3, -0.25) is 0 Å². The van der Waals surface area contributed by atoms with E-state index in [1.165, 1.54) is 25.7 Å². The number of nitrogens with one attached hydrogen (secondary N) is 1. The van der Waals surface area contributed by atoms with Crippen molar-refractivity contribution in [2.75, 3.05) is 11.9 Å². The maximum Gasteiger partial charge on any atom is 0.339 e. The zero-order valence-electron chi connectivity index (χ0n) is 10.7. The van der Waals surface area contributed by atoms with Crippen LogP contribution in [0.5, 0.6) is 0 Å². The number of carboxylic acids is 1. The minimum Gasteiger partial charge on any atom is -0.478 e. The zero-order valence-corrected chi connectivity index (χ0v) is 10.7. The van der Waals surface area contributed by atoms with Crippen molar-refractivity contribution >= 4 is 11.8 Å². The maximum atomic E-state index is 11.0. The van der Waals surface area contributed by atoms with Crippen molar-refractivity contribution < 1.29 is 9.90 Å². The largest absolute Gasteiger partial charge is 0.478 e. The summed E-state index contributed by atoms with van der Waals surface area (Å²) in [5.41, 5.74) is 0.252. The second kappa shape index (κ2) is 5.85. The molecule has 0 spiro atoms. The van der Waals surface area contributed by atoms with Crippen LogP contribution in [0.25, 0.3) is 0 Å². The van der Waals surface area contributed by atoms with Crippen LogP contribution in [0.3, 0.4) is 0 Å². The van der Waals surface area contributed by atoms with Crippen molar-refractivity contribution in [3.8, 4) is 0 Å². The Balaban J connectivity index is 1.92. The van der Waals surface area contributed by atoms with Crippen molar-refractivity contribution in [1.29, 1.82) is 0 Å². The molecule has 0 unspecified atom stereocenters. The monoisotopic (exact) mass is 248 g/mol. The number of aromatic carboxylic acids is 1. The predicted molar refractivity (Wildman–Crippen MR) is 70.8 cm³/mol. The molecule has 0 bridgehead atoms. The lowest BCUT2D eigenvalue weighted by Crippen LogP contribution is -2.21. The number of rotatable bonds is 4. The number of anilines is 1. The molecule has 1 heterocycles. The summed E-state index contributed by atoms with van der Waals surface area (Å²) in [6.07, 6.45) is 6.63. The van der Waals surface area contributed by atoms with Gasteiger partial charge in [-0.2, -0.15) is 0 Å². The molecule has 0 radical (unpaired) electrons. The lowest BCUT2D eigenvalue weighted by Gasteiger charge is -2.26. The standard InChI is InChI=1S/C14H20N2O2/c1-10-4-6-11(7-5-10)9-16-13-12(14(17)18)3-2-8-15-13/h2-3,8,10-11H,4-7,9H2,1H3,(H,15,16)(H,17,18). The van der Waals surface area contributed by atoms with Gasteiger partial charge in [0.1, 0.15) is 11.4 Å². The predicted octanol–water partition coefficient (Wildman–Crippen LogP) is 3.02. The van der Waals surface area contributed by atoms with Crippen LogP contribution < -0.4 is 5.32 Å². The molecule has 1 saturated carbocycles. The highest BCUT2D eigenvalue weighted by Crippen LogP contribution is 2.28. The number of hydrogen-bond acceptors (Lipinski definition) is 3. The van der Waals surface area contributed by atoms with Gasteiger partial charge in [0.05, 0.1) is 0 Å². The molecule has 4 heteroatoms. The average Bonchev–Trinajstić information content (AvgIpc) is 2.38. The zero-order chi connectivity index (χ0) is 13.0. The third-order valence-corrected chi connectivity index (χ3v) is 3.73. The molecule has 0 atom stereocenters. The minimum absolute atomic E-state index is 0.252. The quantitative estimate of drug-likeness (QED) is 0.859. The van der Waals surface area contributed by atoms with Gasteiger partial charge in [0.2, 0.25) is 0 Å². The molecule has 1 fully saturated rings. The normalized spacial score (nSPS) is 23.6. The van der Waals surface area contributed by atoms with E-state index in [1.54, 1.807) is 18.3 Å². The van der Waals surface area contributed by atoms with Crippen molar-refractivity contribution in [2.45, 2.75) is 32.6 Å². The molecule has 0 aliphatic heterocycles. The maximum absolute atomic E-state index is 11.0. The summed E-state index contributed by atoms with van der Waals surface area (Å²) in [7, 11) is 0. The molecule has 2 rings (SSSR count). The molecule has 98 valence electrons. The number of carboxylic acid groups (broad SMARTS) is 1. The third kappa shape index (κ3) is 3.22. The number of pyridine rings is 1. The highest BCUT2D eigenvalue weighted by Gasteiger charge is 2.19. The molecule has 0 amide bonds. The molecule has 2 N–H and O–H groups in total. The summed E-state index contributed by atoms with van der Waals surface area (Å²) >= 11 is 0. The van der Waals surface area contributed by atoms with E-state index in [2.05, 4.69) is 17.2 Å². The van der Waals surface area contributed by atoms with Crippen LogP contribution in [0.2, 0.25) is 0 Å². The lowest BCUT2D eigenvalue weighted by atomic mass is 9.83. The van der Waals surface area contributed by atoms with Gasteiger partial charge in [-0.05, 0) is 36.8 Å². The summed E-state index contributed by atoms with van der Waals surface area (Å²) in [5, 5.41) is 12.2. The van der Waals surface area contributed by atoms with Crippen LogP contribution in [-0.4, -0.2) is 22.6 Å². The Labute approximate surface area is 107 Å². The summed E-state index contributed by atoms with van der Waals surface area (Å²) in [4.78, 5) is 15.1. The van der Waals surface area contributed by atoms with E-state index in [-0.39, 0.29) is 5.56 Å². The Morgan fingerprint density at radius 2 is 2.17 bits per heavy atom. The fourth-order valence-electron chi connectivity index (χ4n) is 2.49. The summed E-state index contributed by atoms with van der Waals surface area (Å²) in [6, 6.07) is 3.23. The van der Waals surface area contributed by atoms with Gasteiger partial charge in [0, 0.05) is 12.7 Å². The van der Waals surface area contributed by atoms with Crippen molar-refractivity contribution in [3.05, 3.63) is 23.9 Å². The van der Waals surface area contributed by atoms with E-state index >= 15 is 0 Å². The van der Waals surface area contributed by atoms with Crippen LogP contribution in [0.4, 0.5) is 5.82 Å². The van der Waals surface area contributed by atoms with E-state index in [1.807, 2.05) is 0 Å². The van der Waals surface area contributed by atoms with Gasteiger partial charge in [-0.25, -0.2) is 9.78 Å². The Bertz CT molecular complexity index is 412. The van der Waals surface area contributed by atoms with Crippen LogP contribution in [0.1, 0.15) is 43.0 Å². The van der Waals surface area contributed by atoms with Crippen LogP contribution in [0.15, 0.2) is 18.3 Å². The fourth-order valence-corrected chi connectivity index (χ4v) is 2.49. The lowest BCUT2D eigenvalue weighted by molar-refractivity contribution is 0.0697. The first-order valence-electron chi connectivity index (χ1n) is 6.59. The number of carbonyl (C=O) groups is 1. The Morgan fingerprint density at radius 3 is 2.83 bits per heavy atom. The Morgan fingerprint density at radius 1 is 1.44 bits per heavy atom. The molecular weight excluding hydrogens is 228 g/mol. The van der Waals surface area contributed by atoms with Gasteiger partial charge < -0.3 is 10.4 Å². The van der Waals surface area contributed by atoms with Gasteiger partial charge in [0.15, 0.2) is 0 Å². The Kier molecular flexibility index (Phi) is 4.18. The summed E-state index contributed by atoms with van der Waals surface area (Å²) in [6.45, 7) is 3.12. The van der Waals surface area contributed by atoms with E-state index in [9.17, 15) is 4.79 Å². The number of nitrogens with zero attached hydrogens (tertiary/aromatic N) is 1. The molecule has 1 aliphatic rings. The van der Waals surface area contributed by atoms with E-state index < -0.39 is 5.97 Å². The highest BCUT2D eigenvalue weighted by molar-refractivity contribution is 5.92. The molecular formula is C14H20N2O2. The summed E-state index contributed by atoms with van der Waals surface area (Å²) < 4.78 is 0. The first-order chi connectivity index (χ1) is 8.66. The van der Waals surface area contributed by atoms with E-state index in [4.69, 9.17) is 5.11 Å². The molecule has 18 heavy (non-hydrogen) atoms. The second-order valence-corrected chi connectivity index (χ2v) is 5.21. The first kappa shape index (κ1) is 12.9. The van der Waals surface area contributed by atoms with Crippen LogP contribution >= 0.6 is 0 Å². The number of aromatic nitrogens is 1. The number of hydrogen-bond donors (Lipinski definition) is 2. The molecule has 1 aromatic heterocycles. The summed E-state index contributed by atoms with van der Waals surface area (Å²) in [5.74, 6) is 1.04. The first-order valence-corrected chi connectivity index (χ1v) is 6.59. The van der Waals surface area contributed by atoms with Crippen LogP contribution in [0, 0.1) is 11.8 Å². The molecule has 1 aliphatic carbocycles. The van der Waals surface area contributed by atoms with Crippen molar-refractivity contribution in [1.82, 2.24) is 4.98 Å².